The van der Waals surface area contributed by atoms with E-state index >= 15 is 0 Å². The highest BCUT2D eigenvalue weighted by Gasteiger charge is 2.23. The van der Waals surface area contributed by atoms with Crippen LogP contribution in [0.3, 0.4) is 0 Å². The molecule has 1 saturated heterocycles. The SMILES string of the molecule is CCC(Nc1cnc(C(=O)O)cn1)C1CCOCC1. The van der Waals surface area contributed by atoms with Crippen molar-refractivity contribution in [2.75, 3.05) is 18.5 Å². The predicted molar refractivity (Wildman–Crippen MR) is 70.2 cm³/mol. The minimum absolute atomic E-state index is 0.0373. The van der Waals surface area contributed by atoms with Crippen LogP contribution in [-0.4, -0.2) is 40.3 Å². The Morgan fingerprint density at radius 3 is 2.74 bits per heavy atom. The summed E-state index contributed by atoms with van der Waals surface area (Å²) in [4.78, 5) is 18.7. The second-order valence-corrected chi connectivity index (χ2v) is 4.70. The zero-order valence-corrected chi connectivity index (χ0v) is 11.0. The molecule has 1 unspecified atom stereocenters. The van der Waals surface area contributed by atoms with Crippen molar-refractivity contribution in [2.24, 2.45) is 5.92 Å². The van der Waals surface area contributed by atoms with E-state index in [1.807, 2.05) is 0 Å². The standard InChI is InChI=1S/C13H19N3O3/c1-2-10(9-3-5-19-6-4-9)16-12-8-14-11(7-15-12)13(17)18/h7-10H,2-6H2,1H3,(H,15,16)(H,17,18). The van der Waals surface area contributed by atoms with Crippen molar-refractivity contribution in [1.29, 1.82) is 0 Å². The summed E-state index contributed by atoms with van der Waals surface area (Å²) < 4.78 is 5.37. The number of ether oxygens (including phenoxy) is 1. The molecule has 0 radical (unpaired) electrons. The molecule has 1 aliphatic heterocycles. The molecule has 0 amide bonds. The van der Waals surface area contributed by atoms with E-state index in [0.717, 1.165) is 32.5 Å². The molecule has 19 heavy (non-hydrogen) atoms. The van der Waals surface area contributed by atoms with Crippen molar-refractivity contribution in [3.63, 3.8) is 0 Å². The van der Waals surface area contributed by atoms with Crippen LogP contribution in [0.2, 0.25) is 0 Å². The monoisotopic (exact) mass is 265 g/mol. The molecule has 6 nitrogen and oxygen atoms in total. The second kappa shape index (κ2) is 6.47. The number of aromatic carboxylic acids is 1. The molecule has 0 aliphatic carbocycles. The predicted octanol–water partition coefficient (Wildman–Crippen LogP) is 1.79. The molecule has 1 atom stereocenters. The summed E-state index contributed by atoms with van der Waals surface area (Å²) >= 11 is 0. The average molecular weight is 265 g/mol. The molecule has 0 aromatic carbocycles. The van der Waals surface area contributed by atoms with E-state index in [1.54, 1.807) is 0 Å². The van der Waals surface area contributed by atoms with Crippen molar-refractivity contribution >= 4 is 11.8 Å². The molecule has 104 valence electrons. The number of hydrogen-bond acceptors (Lipinski definition) is 5. The molecule has 1 fully saturated rings. The fraction of sp³-hybridized carbons (Fsp3) is 0.615. The van der Waals surface area contributed by atoms with Gasteiger partial charge in [0, 0.05) is 19.3 Å². The van der Waals surface area contributed by atoms with Crippen molar-refractivity contribution in [1.82, 2.24) is 9.97 Å². The molecule has 0 bridgehead atoms. The molecule has 1 aliphatic rings. The Balaban J connectivity index is 1.99. The van der Waals surface area contributed by atoms with Gasteiger partial charge in [0.1, 0.15) is 5.82 Å². The van der Waals surface area contributed by atoms with Gasteiger partial charge in [-0.15, -0.1) is 0 Å². The average Bonchev–Trinajstić information content (AvgIpc) is 2.46. The normalized spacial score (nSPS) is 17.9. The van der Waals surface area contributed by atoms with Gasteiger partial charge in [0.05, 0.1) is 12.4 Å². The first-order valence-corrected chi connectivity index (χ1v) is 6.60. The van der Waals surface area contributed by atoms with Crippen LogP contribution in [0.25, 0.3) is 0 Å². The van der Waals surface area contributed by atoms with Crippen LogP contribution in [-0.2, 0) is 4.74 Å². The lowest BCUT2D eigenvalue weighted by Gasteiger charge is -2.30. The van der Waals surface area contributed by atoms with Gasteiger partial charge >= 0.3 is 5.97 Å². The number of anilines is 1. The van der Waals surface area contributed by atoms with Crippen molar-refractivity contribution in [2.45, 2.75) is 32.2 Å². The number of carboxylic acids is 1. The number of carboxylic acid groups (broad SMARTS) is 1. The van der Waals surface area contributed by atoms with Gasteiger partial charge in [0.25, 0.3) is 0 Å². The summed E-state index contributed by atoms with van der Waals surface area (Å²) in [6.45, 7) is 3.76. The Labute approximate surface area is 112 Å². The van der Waals surface area contributed by atoms with E-state index in [4.69, 9.17) is 9.84 Å². The third kappa shape index (κ3) is 3.64. The quantitative estimate of drug-likeness (QED) is 0.844. The maximum atomic E-state index is 10.7. The second-order valence-electron chi connectivity index (χ2n) is 4.70. The van der Waals surface area contributed by atoms with Crippen LogP contribution >= 0.6 is 0 Å². The fourth-order valence-corrected chi connectivity index (χ4v) is 2.37. The van der Waals surface area contributed by atoms with Crippen LogP contribution < -0.4 is 5.32 Å². The summed E-state index contributed by atoms with van der Waals surface area (Å²) in [5.74, 6) is 0.138. The minimum Gasteiger partial charge on any atom is -0.476 e. The number of nitrogens with one attached hydrogen (secondary N) is 1. The van der Waals surface area contributed by atoms with Crippen LogP contribution in [0.5, 0.6) is 0 Å². The highest BCUT2D eigenvalue weighted by Crippen LogP contribution is 2.23. The van der Waals surface area contributed by atoms with E-state index in [-0.39, 0.29) is 5.69 Å². The third-order valence-corrected chi connectivity index (χ3v) is 3.48. The Bertz CT molecular complexity index is 416. The minimum atomic E-state index is -1.06. The number of aromatic nitrogens is 2. The van der Waals surface area contributed by atoms with Crippen molar-refractivity contribution in [3.8, 4) is 0 Å². The molecule has 2 N–H and O–H groups in total. The fourth-order valence-electron chi connectivity index (χ4n) is 2.37. The van der Waals surface area contributed by atoms with E-state index in [0.29, 0.717) is 17.8 Å². The highest BCUT2D eigenvalue weighted by atomic mass is 16.5. The molecular weight excluding hydrogens is 246 g/mol. The van der Waals surface area contributed by atoms with E-state index in [2.05, 4.69) is 22.2 Å². The van der Waals surface area contributed by atoms with E-state index < -0.39 is 5.97 Å². The zero-order chi connectivity index (χ0) is 13.7. The lowest BCUT2D eigenvalue weighted by atomic mass is 9.90. The summed E-state index contributed by atoms with van der Waals surface area (Å²) in [5.41, 5.74) is -0.0373. The summed E-state index contributed by atoms with van der Waals surface area (Å²) in [6, 6.07) is 0.328. The number of nitrogens with zero attached hydrogens (tertiary/aromatic N) is 2. The van der Waals surface area contributed by atoms with Gasteiger partial charge in [0.2, 0.25) is 0 Å². The zero-order valence-electron chi connectivity index (χ0n) is 11.0. The molecular formula is C13H19N3O3. The maximum absolute atomic E-state index is 10.7. The number of rotatable bonds is 5. The third-order valence-electron chi connectivity index (χ3n) is 3.48. The molecule has 6 heteroatoms. The summed E-state index contributed by atoms with van der Waals surface area (Å²) in [6.07, 6.45) is 5.85. The molecule has 0 saturated carbocycles. The molecule has 0 spiro atoms. The Morgan fingerprint density at radius 2 is 2.21 bits per heavy atom. The lowest BCUT2D eigenvalue weighted by Crippen LogP contribution is -2.33. The molecule has 2 rings (SSSR count). The lowest BCUT2D eigenvalue weighted by molar-refractivity contribution is 0.0601. The van der Waals surface area contributed by atoms with Gasteiger partial charge < -0.3 is 15.2 Å². The highest BCUT2D eigenvalue weighted by molar-refractivity contribution is 5.84. The first-order valence-electron chi connectivity index (χ1n) is 6.60. The Hall–Kier alpha value is -1.69. The van der Waals surface area contributed by atoms with Crippen LogP contribution in [0.1, 0.15) is 36.7 Å². The molecule has 1 aromatic heterocycles. The van der Waals surface area contributed by atoms with E-state index in [9.17, 15) is 4.79 Å². The molecule has 2 heterocycles. The summed E-state index contributed by atoms with van der Waals surface area (Å²) in [7, 11) is 0. The van der Waals surface area contributed by atoms with Gasteiger partial charge in [-0.25, -0.2) is 14.8 Å². The maximum Gasteiger partial charge on any atom is 0.356 e. The van der Waals surface area contributed by atoms with Gasteiger partial charge in [-0.2, -0.15) is 0 Å². The Morgan fingerprint density at radius 1 is 1.47 bits per heavy atom. The van der Waals surface area contributed by atoms with Crippen molar-refractivity contribution in [3.05, 3.63) is 18.1 Å². The van der Waals surface area contributed by atoms with E-state index in [1.165, 1.54) is 12.4 Å². The van der Waals surface area contributed by atoms with Crippen LogP contribution in [0, 0.1) is 5.92 Å². The molecule has 1 aromatic rings. The van der Waals surface area contributed by atoms with Gasteiger partial charge in [-0.3, -0.25) is 0 Å². The first-order chi connectivity index (χ1) is 9.20. The van der Waals surface area contributed by atoms with Crippen molar-refractivity contribution < 1.29 is 14.6 Å². The summed E-state index contributed by atoms with van der Waals surface area (Å²) in [5, 5.41) is 12.1. The number of carbonyl (C=O) groups is 1. The topological polar surface area (TPSA) is 84.3 Å². The van der Waals surface area contributed by atoms with Crippen LogP contribution in [0.15, 0.2) is 12.4 Å². The largest absolute Gasteiger partial charge is 0.476 e. The van der Waals surface area contributed by atoms with Crippen LogP contribution in [0.4, 0.5) is 5.82 Å². The van der Waals surface area contributed by atoms with Gasteiger partial charge in [-0.05, 0) is 25.2 Å². The first kappa shape index (κ1) is 13.7. The Kier molecular flexibility index (Phi) is 4.68. The number of hydrogen-bond donors (Lipinski definition) is 2. The smallest absolute Gasteiger partial charge is 0.356 e. The van der Waals surface area contributed by atoms with Gasteiger partial charge in [0.15, 0.2) is 5.69 Å². The van der Waals surface area contributed by atoms with Gasteiger partial charge in [-0.1, -0.05) is 6.92 Å².